The fourth-order valence-electron chi connectivity index (χ4n) is 4.30. The molecular formula is C22H33ClN4O4. The van der Waals surface area contributed by atoms with Crippen molar-refractivity contribution in [1.29, 1.82) is 0 Å². The quantitative estimate of drug-likeness (QED) is 0.615. The first-order chi connectivity index (χ1) is 14.9. The molecule has 172 valence electrons. The van der Waals surface area contributed by atoms with E-state index >= 15 is 0 Å². The lowest BCUT2D eigenvalue weighted by atomic mass is 10.0. The number of hydrogen-bond acceptors (Lipinski definition) is 6. The summed E-state index contributed by atoms with van der Waals surface area (Å²) in [6.07, 6.45) is 4.51. The lowest BCUT2D eigenvalue weighted by Gasteiger charge is -2.38. The number of methoxy groups -OCH3 is 2. The van der Waals surface area contributed by atoms with Crippen LogP contribution in [0.5, 0.6) is 5.75 Å². The zero-order valence-electron chi connectivity index (χ0n) is 18.4. The number of anilines is 1. The highest BCUT2D eigenvalue weighted by Gasteiger charge is 2.31. The van der Waals surface area contributed by atoms with E-state index in [1.807, 2.05) is 4.90 Å². The van der Waals surface area contributed by atoms with Gasteiger partial charge in [0.1, 0.15) is 5.75 Å². The monoisotopic (exact) mass is 452 g/mol. The summed E-state index contributed by atoms with van der Waals surface area (Å²) < 4.78 is 11.0. The van der Waals surface area contributed by atoms with E-state index in [1.165, 1.54) is 19.6 Å². The molecule has 2 saturated heterocycles. The van der Waals surface area contributed by atoms with Gasteiger partial charge in [0.25, 0.3) is 5.91 Å². The number of carbonyl (C=O) groups is 2. The molecule has 31 heavy (non-hydrogen) atoms. The van der Waals surface area contributed by atoms with Crippen LogP contribution in [0.2, 0.25) is 5.02 Å². The standard InChI is InChI=1S/C22H33ClN4O4/c1-30-19-13-17(24)16(23)12-15(19)22(29)25-18-6-10-26(14-20(18)31-2)11-7-21(28)27-8-4-3-5-9-27/h12-13,18,20H,3-11,14,24H2,1-2H3,(H,25,29). The second-order valence-corrected chi connectivity index (χ2v) is 8.62. The highest BCUT2D eigenvalue weighted by molar-refractivity contribution is 6.33. The molecule has 0 bridgehead atoms. The van der Waals surface area contributed by atoms with E-state index in [1.54, 1.807) is 13.2 Å². The fourth-order valence-corrected chi connectivity index (χ4v) is 4.47. The van der Waals surface area contributed by atoms with Crippen LogP contribution in [0.3, 0.4) is 0 Å². The van der Waals surface area contributed by atoms with Crippen LogP contribution in [-0.4, -0.2) is 80.7 Å². The number of ether oxygens (including phenoxy) is 2. The number of piperidine rings is 2. The normalized spacial score (nSPS) is 22.2. The van der Waals surface area contributed by atoms with Crippen LogP contribution in [-0.2, 0) is 9.53 Å². The lowest BCUT2D eigenvalue weighted by Crippen LogP contribution is -2.55. The predicted molar refractivity (Wildman–Crippen MR) is 121 cm³/mol. The Kier molecular flexibility index (Phi) is 8.40. The van der Waals surface area contributed by atoms with E-state index in [4.69, 9.17) is 26.8 Å². The maximum Gasteiger partial charge on any atom is 0.255 e. The number of nitrogen functional groups attached to an aromatic ring is 1. The van der Waals surface area contributed by atoms with E-state index in [-0.39, 0.29) is 24.0 Å². The van der Waals surface area contributed by atoms with E-state index < -0.39 is 0 Å². The Labute approximate surface area is 189 Å². The maximum absolute atomic E-state index is 12.9. The van der Waals surface area contributed by atoms with Gasteiger partial charge in [-0.1, -0.05) is 11.6 Å². The average Bonchev–Trinajstić information content (AvgIpc) is 2.80. The summed E-state index contributed by atoms with van der Waals surface area (Å²) in [5, 5.41) is 3.36. The van der Waals surface area contributed by atoms with Crippen molar-refractivity contribution in [3.05, 3.63) is 22.7 Å². The summed E-state index contributed by atoms with van der Waals surface area (Å²) >= 11 is 6.10. The second kappa shape index (κ2) is 11.0. The third kappa shape index (κ3) is 6.02. The minimum atomic E-state index is -0.278. The number of amides is 2. The van der Waals surface area contributed by atoms with Gasteiger partial charge < -0.3 is 30.3 Å². The zero-order valence-corrected chi connectivity index (χ0v) is 19.1. The SMILES string of the molecule is COc1cc(N)c(Cl)cc1C(=O)NC1CCN(CCC(=O)N2CCCCC2)CC1OC. The van der Waals surface area contributed by atoms with Gasteiger partial charge in [-0.25, -0.2) is 0 Å². The molecular weight excluding hydrogens is 420 g/mol. The first kappa shape index (κ1) is 23.6. The number of nitrogens with two attached hydrogens (primary N) is 1. The Balaban J connectivity index is 1.54. The highest BCUT2D eigenvalue weighted by Crippen LogP contribution is 2.29. The Morgan fingerprint density at radius 1 is 1.19 bits per heavy atom. The zero-order chi connectivity index (χ0) is 22.4. The molecule has 1 aromatic carbocycles. The van der Waals surface area contributed by atoms with Crippen molar-refractivity contribution in [3.8, 4) is 5.75 Å². The van der Waals surface area contributed by atoms with Gasteiger partial charge in [0.2, 0.25) is 5.91 Å². The maximum atomic E-state index is 12.9. The molecule has 2 amide bonds. The van der Waals surface area contributed by atoms with Crippen LogP contribution in [0.15, 0.2) is 12.1 Å². The van der Waals surface area contributed by atoms with Gasteiger partial charge in [0, 0.05) is 52.3 Å². The van der Waals surface area contributed by atoms with Crippen LogP contribution in [0, 0.1) is 0 Å². The Morgan fingerprint density at radius 2 is 1.94 bits per heavy atom. The molecule has 0 spiro atoms. The largest absolute Gasteiger partial charge is 0.496 e. The van der Waals surface area contributed by atoms with Gasteiger partial charge >= 0.3 is 0 Å². The van der Waals surface area contributed by atoms with Crippen LogP contribution >= 0.6 is 11.6 Å². The summed E-state index contributed by atoms with van der Waals surface area (Å²) in [5.74, 6) is 0.331. The third-order valence-corrected chi connectivity index (χ3v) is 6.50. The minimum absolute atomic E-state index is 0.146. The third-order valence-electron chi connectivity index (χ3n) is 6.18. The first-order valence-electron chi connectivity index (χ1n) is 10.9. The van der Waals surface area contributed by atoms with E-state index in [0.717, 1.165) is 38.9 Å². The summed E-state index contributed by atoms with van der Waals surface area (Å²) in [6, 6.07) is 2.92. The molecule has 2 fully saturated rings. The van der Waals surface area contributed by atoms with Gasteiger partial charge in [0.05, 0.1) is 35.5 Å². The van der Waals surface area contributed by atoms with Gasteiger partial charge in [-0.2, -0.15) is 0 Å². The molecule has 0 aliphatic carbocycles. The average molecular weight is 453 g/mol. The number of likely N-dealkylation sites (tertiary alicyclic amines) is 2. The van der Waals surface area contributed by atoms with Crippen molar-refractivity contribution in [3.63, 3.8) is 0 Å². The Hall–Kier alpha value is -2.03. The van der Waals surface area contributed by atoms with Gasteiger partial charge in [0.15, 0.2) is 0 Å². The molecule has 3 rings (SSSR count). The number of carbonyl (C=O) groups excluding carboxylic acids is 2. The highest BCUT2D eigenvalue weighted by atomic mass is 35.5. The molecule has 2 heterocycles. The van der Waals surface area contributed by atoms with Gasteiger partial charge in [-0.05, 0) is 31.7 Å². The van der Waals surface area contributed by atoms with Crippen LogP contribution in [0.4, 0.5) is 5.69 Å². The molecule has 2 unspecified atom stereocenters. The minimum Gasteiger partial charge on any atom is -0.496 e. The van der Waals surface area contributed by atoms with Gasteiger partial charge in [-0.3, -0.25) is 9.59 Å². The number of halogens is 1. The molecule has 3 N–H and O–H groups in total. The van der Waals surface area contributed by atoms with Crippen molar-refractivity contribution in [1.82, 2.24) is 15.1 Å². The molecule has 0 aromatic heterocycles. The number of benzene rings is 1. The number of hydrogen-bond donors (Lipinski definition) is 2. The fraction of sp³-hybridized carbons (Fsp3) is 0.636. The number of nitrogens with one attached hydrogen (secondary N) is 1. The van der Waals surface area contributed by atoms with Crippen molar-refractivity contribution in [2.24, 2.45) is 0 Å². The summed E-state index contributed by atoms with van der Waals surface area (Å²) in [4.78, 5) is 29.5. The molecule has 0 radical (unpaired) electrons. The molecule has 8 nitrogen and oxygen atoms in total. The van der Waals surface area contributed by atoms with Crippen molar-refractivity contribution >= 4 is 29.1 Å². The molecule has 2 aliphatic heterocycles. The number of nitrogens with zero attached hydrogens (tertiary/aromatic N) is 2. The topological polar surface area (TPSA) is 97.1 Å². The van der Waals surface area contributed by atoms with E-state index in [9.17, 15) is 9.59 Å². The van der Waals surface area contributed by atoms with Gasteiger partial charge in [-0.15, -0.1) is 0 Å². The summed E-state index contributed by atoms with van der Waals surface area (Å²) in [6.45, 7) is 3.92. The Bertz CT molecular complexity index is 785. The van der Waals surface area contributed by atoms with Crippen molar-refractivity contribution < 1.29 is 19.1 Å². The first-order valence-corrected chi connectivity index (χ1v) is 11.3. The predicted octanol–water partition coefficient (Wildman–Crippen LogP) is 2.15. The molecule has 0 saturated carbocycles. The molecule has 2 aliphatic rings. The van der Waals surface area contributed by atoms with Crippen LogP contribution in [0.1, 0.15) is 42.5 Å². The van der Waals surface area contributed by atoms with Crippen molar-refractivity contribution in [2.45, 2.75) is 44.2 Å². The number of rotatable bonds is 7. The molecule has 1 aromatic rings. The van der Waals surface area contributed by atoms with Crippen LogP contribution < -0.4 is 15.8 Å². The van der Waals surface area contributed by atoms with E-state index in [0.29, 0.717) is 41.5 Å². The molecule has 2 atom stereocenters. The summed E-state index contributed by atoms with van der Waals surface area (Å²) in [5.41, 5.74) is 6.51. The van der Waals surface area contributed by atoms with Crippen molar-refractivity contribution in [2.75, 3.05) is 52.7 Å². The lowest BCUT2D eigenvalue weighted by molar-refractivity contribution is -0.132. The smallest absolute Gasteiger partial charge is 0.255 e. The summed E-state index contributed by atoms with van der Waals surface area (Å²) in [7, 11) is 3.13. The second-order valence-electron chi connectivity index (χ2n) is 8.21. The Morgan fingerprint density at radius 3 is 2.61 bits per heavy atom. The molecule has 9 heteroatoms. The van der Waals surface area contributed by atoms with Crippen LogP contribution in [0.25, 0.3) is 0 Å². The van der Waals surface area contributed by atoms with E-state index in [2.05, 4.69) is 10.2 Å².